The van der Waals surface area contributed by atoms with E-state index < -0.39 is 39.9 Å². The van der Waals surface area contributed by atoms with Crippen molar-refractivity contribution in [3.05, 3.63) is 23.5 Å². The van der Waals surface area contributed by atoms with Crippen LogP contribution in [-0.2, 0) is 26.3 Å². The lowest BCUT2D eigenvalue weighted by Gasteiger charge is -2.23. The zero-order valence-electron chi connectivity index (χ0n) is 12.8. The van der Waals surface area contributed by atoms with Crippen molar-refractivity contribution < 1.29 is 27.4 Å². The van der Waals surface area contributed by atoms with Gasteiger partial charge in [-0.15, -0.1) is 0 Å². The summed E-state index contributed by atoms with van der Waals surface area (Å²) in [6, 6.07) is 2.70. The molecule has 132 valence electrons. The van der Waals surface area contributed by atoms with E-state index in [2.05, 4.69) is 5.32 Å². The first kappa shape index (κ1) is 16.9. The number of phenolic OH excluding ortho intramolecular Hbond substituents is 1. The van der Waals surface area contributed by atoms with Crippen LogP contribution >= 0.6 is 0 Å². The van der Waals surface area contributed by atoms with Gasteiger partial charge in [0.05, 0.1) is 0 Å². The Labute approximate surface area is 138 Å². The van der Waals surface area contributed by atoms with Crippen LogP contribution in [0.3, 0.4) is 0 Å². The Kier molecular flexibility index (Phi) is 4.61. The minimum absolute atomic E-state index is 0.254. The zero-order chi connectivity index (χ0) is 17.3. The molecule has 0 atom stereocenters. The predicted molar refractivity (Wildman–Crippen MR) is 83.2 cm³/mol. The lowest BCUT2D eigenvalue weighted by Crippen LogP contribution is -2.34. The van der Waals surface area contributed by atoms with Crippen molar-refractivity contribution in [2.45, 2.75) is 25.4 Å². The third-order valence-corrected chi connectivity index (χ3v) is 5.37. The second kappa shape index (κ2) is 6.54. The van der Waals surface area contributed by atoms with Gasteiger partial charge in [0.2, 0.25) is 0 Å². The second-order valence-electron chi connectivity index (χ2n) is 5.75. The van der Waals surface area contributed by atoms with Gasteiger partial charge in [0.15, 0.2) is 5.82 Å². The van der Waals surface area contributed by atoms with Crippen molar-refractivity contribution in [3.8, 4) is 5.75 Å². The molecule has 2 aliphatic heterocycles. The predicted octanol–water partition coefficient (Wildman–Crippen LogP) is -0.0191. The number of anilines is 1. The summed E-state index contributed by atoms with van der Waals surface area (Å²) in [5, 5.41) is 13.3. The lowest BCUT2D eigenvalue weighted by atomic mass is 10.1. The summed E-state index contributed by atoms with van der Waals surface area (Å²) in [4.78, 5) is 11.3. The normalized spacial score (nSPS) is 21.0. The van der Waals surface area contributed by atoms with E-state index in [1.165, 1.54) is 6.07 Å². The van der Waals surface area contributed by atoms with Crippen LogP contribution in [0.25, 0.3) is 0 Å². The number of carbonyl (C=O) groups is 1. The molecule has 3 rings (SSSR count). The van der Waals surface area contributed by atoms with Gasteiger partial charge < -0.3 is 15.2 Å². The van der Waals surface area contributed by atoms with E-state index in [0.717, 1.165) is 18.9 Å². The number of rotatable bonds is 4. The molecule has 0 bridgehead atoms. The highest BCUT2D eigenvalue weighted by Gasteiger charge is 2.37. The summed E-state index contributed by atoms with van der Waals surface area (Å²) in [6.07, 6.45) is 1.71. The third kappa shape index (κ3) is 3.45. The van der Waals surface area contributed by atoms with E-state index >= 15 is 0 Å². The maximum absolute atomic E-state index is 14.3. The van der Waals surface area contributed by atoms with Gasteiger partial charge in [0.1, 0.15) is 18.0 Å². The van der Waals surface area contributed by atoms with Crippen molar-refractivity contribution in [3.63, 3.8) is 0 Å². The molecule has 0 spiro atoms. The molecule has 1 amide bonds. The molecule has 0 unspecified atom stereocenters. The van der Waals surface area contributed by atoms with Gasteiger partial charge >= 0.3 is 10.2 Å². The number of hydrogen-bond acceptors (Lipinski definition) is 6. The highest BCUT2D eigenvalue weighted by atomic mass is 32.2. The standard InChI is InChI=1S/C14H18FN3O5S/c15-11-5-9(7-16-10-1-3-23-4-2-10)6-12(19)14(11)18-8-13(20)17-24(18,21)22/h5-6,10,16,19H,1-4,7-8H2,(H,17,20). The van der Waals surface area contributed by atoms with Gasteiger partial charge in [-0.25, -0.2) is 13.4 Å². The van der Waals surface area contributed by atoms with Crippen molar-refractivity contribution >= 4 is 21.8 Å². The van der Waals surface area contributed by atoms with Crippen LogP contribution in [0.4, 0.5) is 10.1 Å². The van der Waals surface area contributed by atoms with Crippen LogP contribution < -0.4 is 14.3 Å². The minimum Gasteiger partial charge on any atom is -0.506 e. The molecule has 2 aliphatic rings. The van der Waals surface area contributed by atoms with Crippen LogP contribution in [0.15, 0.2) is 12.1 Å². The number of benzene rings is 1. The summed E-state index contributed by atoms with van der Waals surface area (Å²) in [6.45, 7) is 1.11. The van der Waals surface area contributed by atoms with Gasteiger partial charge in [0, 0.05) is 25.8 Å². The molecule has 10 heteroatoms. The zero-order valence-corrected chi connectivity index (χ0v) is 13.6. The molecule has 2 saturated heterocycles. The summed E-state index contributed by atoms with van der Waals surface area (Å²) < 4.78 is 45.4. The topological polar surface area (TPSA) is 108 Å². The number of nitrogens with one attached hydrogen (secondary N) is 2. The molecule has 0 radical (unpaired) electrons. The number of amides is 1. The number of aromatic hydroxyl groups is 1. The summed E-state index contributed by atoms with van der Waals surface area (Å²) in [5.41, 5.74) is -0.0423. The van der Waals surface area contributed by atoms with Gasteiger partial charge in [-0.1, -0.05) is 0 Å². The summed E-state index contributed by atoms with van der Waals surface area (Å²) >= 11 is 0. The molecule has 24 heavy (non-hydrogen) atoms. The highest BCUT2D eigenvalue weighted by molar-refractivity contribution is 7.92. The fourth-order valence-corrected chi connectivity index (χ4v) is 3.97. The monoisotopic (exact) mass is 359 g/mol. The molecular weight excluding hydrogens is 341 g/mol. The molecule has 2 heterocycles. The highest BCUT2D eigenvalue weighted by Crippen LogP contribution is 2.34. The lowest BCUT2D eigenvalue weighted by molar-refractivity contribution is -0.117. The summed E-state index contributed by atoms with van der Waals surface area (Å²) in [7, 11) is -4.17. The summed E-state index contributed by atoms with van der Waals surface area (Å²) in [5.74, 6) is -2.21. The molecule has 0 saturated carbocycles. The maximum atomic E-state index is 14.3. The second-order valence-corrected chi connectivity index (χ2v) is 7.34. The first-order valence-corrected chi connectivity index (χ1v) is 8.96. The number of nitrogens with zero attached hydrogens (tertiary/aromatic N) is 1. The molecule has 8 nitrogen and oxygen atoms in total. The average Bonchev–Trinajstić information content (AvgIpc) is 2.78. The van der Waals surface area contributed by atoms with Crippen molar-refractivity contribution in [2.24, 2.45) is 0 Å². The van der Waals surface area contributed by atoms with E-state index in [-0.39, 0.29) is 6.04 Å². The molecule has 1 aromatic rings. The van der Waals surface area contributed by atoms with E-state index in [1.807, 2.05) is 0 Å². The SMILES string of the molecule is O=C1CN(c2c(O)cc(CNC3CCOCC3)cc2F)S(=O)(=O)N1. The van der Waals surface area contributed by atoms with Gasteiger partial charge in [-0.2, -0.15) is 8.42 Å². The fraction of sp³-hybridized carbons (Fsp3) is 0.500. The quantitative estimate of drug-likeness (QED) is 0.697. The molecule has 1 aromatic carbocycles. The molecule has 3 N–H and O–H groups in total. The molecule has 0 aliphatic carbocycles. The third-order valence-electron chi connectivity index (χ3n) is 3.99. The Morgan fingerprint density at radius 3 is 2.67 bits per heavy atom. The largest absolute Gasteiger partial charge is 0.506 e. The molecule has 0 aromatic heterocycles. The van der Waals surface area contributed by atoms with Crippen LogP contribution in [0, 0.1) is 5.82 Å². The Bertz CT molecular complexity index is 726. The van der Waals surface area contributed by atoms with Crippen LogP contribution in [0.5, 0.6) is 5.75 Å². The average molecular weight is 359 g/mol. The van der Waals surface area contributed by atoms with E-state index in [0.29, 0.717) is 29.6 Å². The van der Waals surface area contributed by atoms with Crippen molar-refractivity contribution in [1.29, 1.82) is 0 Å². The van der Waals surface area contributed by atoms with Crippen molar-refractivity contribution in [1.82, 2.24) is 10.0 Å². The van der Waals surface area contributed by atoms with Crippen LogP contribution in [0.2, 0.25) is 0 Å². The Morgan fingerprint density at radius 1 is 1.38 bits per heavy atom. The minimum atomic E-state index is -4.17. The Hall–Kier alpha value is -1.91. The number of hydrogen-bond donors (Lipinski definition) is 3. The van der Waals surface area contributed by atoms with E-state index in [9.17, 15) is 22.7 Å². The number of ether oxygens (including phenoxy) is 1. The number of phenols is 1. The maximum Gasteiger partial charge on any atom is 0.326 e. The fourth-order valence-electron chi connectivity index (χ4n) is 2.80. The van der Waals surface area contributed by atoms with Crippen LogP contribution in [-0.4, -0.2) is 45.2 Å². The van der Waals surface area contributed by atoms with Crippen LogP contribution in [0.1, 0.15) is 18.4 Å². The first-order valence-electron chi connectivity index (χ1n) is 7.52. The van der Waals surface area contributed by atoms with E-state index in [1.54, 1.807) is 4.72 Å². The van der Waals surface area contributed by atoms with Gasteiger partial charge in [-0.05, 0) is 30.5 Å². The van der Waals surface area contributed by atoms with Gasteiger partial charge in [-0.3, -0.25) is 4.79 Å². The van der Waals surface area contributed by atoms with Gasteiger partial charge in [0.25, 0.3) is 5.91 Å². The number of carbonyl (C=O) groups excluding carboxylic acids is 1. The Balaban J connectivity index is 1.77. The molecular formula is C14H18FN3O5S. The smallest absolute Gasteiger partial charge is 0.326 e. The first-order chi connectivity index (χ1) is 11.4. The van der Waals surface area contributed by atoms with Crippen molar-refractivity contribution in [2.75, 3.05) is 24.1 Å². The number of halogens is 1. The Morgan fingerprint density at radius 2 is 2.08 bits per heavy atom. The van der Waals surface area contributed by atoms with E-state index in [4.69, 9.17) is 4.74 Å². The molecule has 2 fully saturated rings.